The lowest BCUT2D eigenvalue weighted by Gasteiger charge is -2.19. The van der Waals surface area contributed by atoms with Crippen molar-refractivity contribution in [3.8, 4) is 11.5 Å². The van der Waals surface area contributed by atoms with Crippen LogP contribution in [-0.2, 0) is 4.79 Å². The second kappa shape index (κ2) is 7.04. The van der Waals surface area contributed by atoms with Crippen LogP contribution in [0.4, 0.5) is 5.69 Å². The smallest absolute Gasteiger partial charge is 0.240 e. The van der Waals surface area contributed by atoms with Gasteiger partial charge >= 0.3 is 0 Å². The topological polar surface area (TPSA) is 106 Å². The number of amides is 1. The number of nitrogens with one attached hydrogen (secondary N) is 2. The Balaban J connectivity index is 1.68. The normalized spacial score (nSPS) is 17.2. The van der Waals surface area contributed by atoms with Crippen LogP contribution in [0.2, 0.25) is 0 Å². The molecule has 0 radical (unpaired) electrons. The third kappa shape index (κ3) is 3.77. The molecule has 1 heterocycles. The fraction of sp³-hybridized carbons (Fsp3) is 0.167. The van der Waals surface area contributed by atoms with E-state index in [2.05, 4.69) is 21.1 Å². The fourth-order valence-electron chi connectivity index (χ4n) is 2.55. The molecule has 128 valence electrons. The molecule has 4 N–H and O–H groups in total. The summed E-state index contributed by atoms with van der Waals surface area (Å²) in [6.07, 6.45) is 1.85. The zero-order valence-corrected chi connectivity index (χ0v) is 13.6. The molecule has 1 amide bonds. The number of para-hydroxylation sites is 1. The molecule has 7 nitrogen and oxygen atoms in total. The molecule has 7 heteroatoms. The standard InChI is InChI=1S/C18H18N4O3/c1-11-9-16(24)21-22-17(11)12-5-7-14(8-6-12)20-19-10-13-3-2-4-15(23)18(13)25/h2-8,10-11,20,23,25H,9H2,1H3,(H,21,24)/b19-10+. The van der Waals surface area contributed by atoms with Crippen LogP contribution >= 0.6 is 0 Å². The molecule has 1 atom stereocenters. The summed E-state index contributed by atoms with van der Waals surface area (Å²) >= 11 is 0. The fourth-order valence-corrected chi connectivity index (χ4v) is 2.55. The van der Waals surface area contributed by atoms with Gasteiger partial charge < -0.3 is 10.2 Å². The molecular weight excluding hydrogens is 320 g/mol. The van der Waals surface area contributed by atoms with Gasteiger partial charge in [-0.05, 0) is 29.8 Å². The van der Waals surface area contributed by atoms with E-state index < -0.39 is 0 Å². The molecule has 0 bridgehead atoms. The van der Waals surface area contributed by atoms with Crippen molar-refractivity contribution in [2.24, 2.45) is 16.1 Å². The predicted molar refractivity (Wildman–Crippen MR) is 95.9 cm³/mol. The summed E-state index contributed by atoms with van der Waals surface area (Å²) in [6, 6.07) is 12.2. The first-order valence-corrected chi connectivity index (χ1v) is 7.81. The summed E-state index contributed by atoms with van der Waals surface area (Å²) in [5.41, 5.74) is 8.31. The molecule has 2 aromatic rings. The van der Waals surface area contributed by atoms with Crippen molar-refractivity contribution in [2.45, 2.75) is 13.3 Å². The van der Waals surface area contributed by atoms with E-state index in [0.717, 1.165) is 17.0 Å². The molecule has 0 spiro atoms. The molecule has 1 unspecified atom stereocenters. The maximum absolute atomic E-state index is 11.3. The van der Waals surface area contributed by atoms with Gasteiger partial charge in [0, 0.05) is 17.9 Å². The van der Waals surface area contributed by atoms with Gasteiger partial charge in [-0.25, -0.2) is 5.43 Å². The number of phenols is 2. The first-order valence-electron chi connectivity index (χ1n) is 7.81. The van der Waals surface area contributed by atoms with Crippen LogP contribution in [-0.4, -0.2) is 28.0 Å². The molecule has 3 rings (SSSR count). The molecule has 0 saturated carbocycles. The van der Waals surface area contributed by atoms with E-state index in [1.165, 1.54) is 12.3 Å². The van der Waals surface area contributed by atoms with E-state index in [1.54, 1.807) is 12.1 Å². The van der Waals surface area contributed by atoms with Crippen LogP contribution < -0.4 is 10.9 Å². The minimum Gasteiger partial charge on any atom is -0.504 e. The Morgan fingerprint density at radius 2 is 2.00 bits per heavy atom. The van der Waals surface area contributed by atoms with Crippen LogP contribution in [0.1, 0.15) is 24.5 Å². The summed E-state index contributed by atoms with van der Waals surface area (Å²) in [7, 11) is 0. The number of phenolic OH excluding ortho intramolecular Hbond substituents is 2. The van der Waals surface area contributed by atoms with Crippen LogP contribution in [0.5, 0.6) is 11.5 Å². The van der Waals surface area contributed by atoms with E-state index in [1.807, 2.05) is 31.2 Å². The number of carbonyl (C=O) groups is 1. The highest BCUT2D eigenvalue weighted by Gasteiger charge is 2.21. The summed E-state index contributed by atoms with van der Waals surface area (Å²) in [6.45, 7) is 1.97. The second-order valence-electron chi connectivity index (χ2n) is 5.80. The molecule has 2 aromatic carbocycles. The Morgan fingerprint density at radius 1 is 1.24 bits per heavy atom. The van der Waals surface area contributed by atoms with Gasteiger partial charge in [-0.3, -0.25) is 10.2 Å². The summed E-state index contributed by atoms with van der Waals surface area (Å²) < 4.78 is 0. The molecule has 0 fully saturated rings. The average Bonchev–Trinajstić information content (AvgIpc) is 2.59. The van der Waals surface area contributed by atoms with Crippen molar-refractivity contribution in [2.75, 3.05) is 5.43 Å². The molecule has 0 saturated heterocycles. The van der Waals surface area contributed by atoms with E-state index in [0.29, 0.717) is 12.0 Å². The second-order valence-corrected chi connectivity index (χ2v) is 5.80. The van der Waals surface area contributed by atoms with Crippen molar-refractivity contribution in [1.82, 2.24) is 5.43 Å². The zero-order chi connectivity index (χ0) is 17.8. The van der Waals surface area contributed by atoms with Gasteiger partial charge in [0.2, 0.25) is 5.91 Å². The third-order valence-electron chi connectivity index (χ3n) is 3.88. The van der Waals surface area contributed by atoms with E-state index in [9.17, 15) is 15.0 Å². The number of hydrogen-bond donors (Lipinski definition) is 4. The predicted octanol–water partition coefficient (Wildman–Crippen LogP) is 2.40. The number of benzene rings is 2. The van der Waals surface area contributed by atoms with Crippen LogP contribution in [0.3, 0.4) is 0 Å². The number of aromatic hydroxyl groups is 2. The summed E-state index contributed by atoms with van der Waals surface area (Å²) in [5, 5.41) is 27.3. The van der Waals surface area contributed by atoms with E-state index >= 15 is 0 Å². The first kappa shape index (κ1) is 16.5. The number of hydrogen-bond acceptors (Lipinski definition) is 6. The van der Waals surface area contributed by atoms with Crippen molar-refractivity contribution in [3.63, 3.8) is 0 Å². The van der Waals surface area contributed by atoms with Gasteiger partial charge in [-0.2, -0.15) is 10.2 Å². The quantitative estimate of drug-likeness (QED) is 0.390. The van der Waals surface area contributed by atoms with Crippen molar-refractivity contribution < 1.29 is 15.0 Å². The van der Waals surface area contributed by atoms with Gasteiger partial charge in [0.15, 0.2) is 11.5 Å². The van der Waals surface area contributed by atoms with Crippen LogP contribution in [0.15, 0.2) is 52.7 Å². The Bertz CT molecular complexity index is 844. The molecule has 25 heavy (non-hydrogen) atoms. The van der Waals surface area contributed by atoms with E-state index in [4.69, 9.17) is 0 Å². The van der Waals surface area contributed by atoms with Crippen molar-refractivity contribution in [1.29, 1.82) is 0 Å². The lowest BCUT2D eigenvalue weighted by atomic mass is 9.94. The molecule has 1 aliphatic rings. The Kier molecular flexibility index (Phi) is 4.65. The monoisotopic (exact) mass is 338 g/mol. The molecule has 0 aliphatic carbocycles. The highest BCUT2D eigenvalue weighted by atomic mass is 16.3. The highest BCUT2D eigenvalue weighted by Crippen LogP contribution is 2.26. The lowest BCUT2D eigenvalue weighted by Crippen LogP contribution is -2.31. The molecular formula is C18H18N4O3. The Morgan fingerprint density at radius 3 is 2.72 bits per heavy atom. The summed E-state index contributed by atoms with van der Waals surface area (Å²) in [5.74, 6) is -0.407. The van der Waals surface area contributed by atoms with Gasteiger partial charge in [-0.15, -0.1) is 0 Å². The highest BCUT2D eigenvalue weighted by molar-refractivity contribution is 6.05. The Hall–Kier alpha value is -3.35. The van der Waals surface area contributed by atoms with Gasteiger partial charge in [0.25, 0.3) is 0 Å². The number of carbonyl (C=O) groups excluding carboxylic acids is 1. The average molecular weight is 338 g/mol. The maximum atomic E-state index is 11.3. The number of hydrazone groups is 2. The van der Waals surface area contributed by atoms with Crippen molar-refractivity contribution in [3.05, 3.63) is 53.6 Å². The van der Waals surface area contributed by atoms with E-state index in [-0.39, 0.29) is 23.3 Å². The molecule has 1 aliphatic heterocycles. The van der Waals surface area contributed by atoms with Gasteiger partial charge in [0.05, 0.1) is 17.6 Å². The van der Waals surface area contributed by atoms with Gasteiger partial charge in [0.1, 0.15) is 0 Å². The van der Waals surface area contributed by atoms with Crippen molar-refractivity contribution >= 4 is 23.5 Å². The first-order chi connectivity index (χ1) is 12.0. The van der Waals surface area contributed by atoms with Crippen LogP contribution in [0, 0.1) is 5.92 Å². The maximum Gasteiger partial charge on any atom is 0.240 e. The van der Waals surface area contributed by atoms with Crippen LogP contribution in [0.25, 0.3) is 0 Å². The third-order valence-corrected chi connectivity index (χ3v) is 3.88. The zero-order valence-electron chi connectivity index (χ0n) is 13.6. The summed E-state index contributed by atoms with van der Waals surface area (Å²) in [4.78, 5) is 11.3. The minimum absolute atomic E-state index is 0.0688. The molecule has 0 aromatic heterocycles. The SMILES string of the molecule is CC1CC(=O)NN=C1c1ccc(N/N=C/c2cccc(O)c2O)cc1. The number of nitrogens with zero attached hydrogens (tertiary/aromatic N) is 2. The number of anilines is 1. The largest absolute Gasteiger partial charge is 0.504 e. The lowest BCUT2D eigenvalue weighted by molar-refractivity contribution is -0.121. The minimum atomic E-state index is -0.213. The van der Waals surface area contributed by atoms with Gasteiger partial charge in [-0.1, -0.05) is 25.1 Å². The number of rotatable bonds is 4. The Labute approximate surface area is 144 Å².